The SMILES string of the molecule is CN1CCN(C2=NC(=O)/C(=C/c3ccc4c(cnn4Cc4ccc(OS(C)=O)cc4C(F)(F)F)c3)S2)CC1. The largest absolute Gasteiger partial charge is 0.416 e. The Morgan fingerprint density at radius 3 is 2.61 bits per heavy atom. The van der Waals surface area contributed by atoms with Crippen LogP contribution in [0.3, 0.4) is 0 Å². The number of carbonyl (C=O) groups is 1. The highest BCUT2D eigenvalue weighted by Crippen LogP contribution is 2.36. The standard InChI is InChI=1S/C25H24F3N5O3S2/c1-31-7-9-32(10-8-31)24-30-23(34)22(37-24)12-16-3-6-21-18(11-16)14-29-33(21)15-17-4-5-19(36-38(2)35)13-20(17)25(26,27)28/h3-6,11-14H,7-10,15H2,1-2H3/b22-12-. The Morgan fingerprint density at radius 2 is 1.89 bits per heavy atom. The Kier molecular flexibility index (Phi) is 7.34. The van der Waals surface area contributed by atoms with E-state index in [4.69, 9.17) is 4.18 Å². The summed E-state index contributed by atoms with van der Waals surface area (Å²) in [6, 6.07) is 8.92. The van der Waals surface area contributed by atoms with Crippen molar-refractivity contribution < 1.29 is 26.4 Å². The molecule has 2 aliphatic heterocycles. The van der Waals surface area contributed by atoms with Gasteiger partial charge in [-0.1, -0.05) is 12.1 Å². The van der Waals surface area contributed by atoms with Crippen molar-refractivity contribution in [3.8, 4) is 5.75 Å². The van der Waals surface area contributed by atoms with E-state index in [0.717, 1.165) is 43.2 Å². The third kappa shape index (κ3) is 5.79. The summed E-state index contributed by atoms with van der Waals surface area (Å²) in [5, 5.41) is 5.74. The zero-order valence-corrected chi connectivity index (χ0v) is 22.2. The van der Waals surface area contributed by atoms with E-state index in [-0.39, 0.29) is 23.8 Å². The van der Waals surface area contributed by atoms with E-state index in [1.165, 1.54) is 34.8 Å². The van der Waals surface area contributed by atoms with E-state index in [9.17, 15) is 22.2 Å². The van der Waals surface area contributed by atoms with Crippen LogP contribution in [-0.2, 0) is 28.6 Å². The molecule has 3 aromatic rings. The second-order valence-corrected chi connectivity index (χ2v) is 11.0. The number of rotatable bonds is 5. The predicted octanol–water partition coefficient (Wildman–Crippen LogP) is 3.99. The van der Waals surface area contributed by atoms with E-state index < -0.39 is 22.8 Å². The second kappa shape index (κ2) is 10.5. The molecule has 1 fully saturated rings. The normalized spacial score (nSPS) is 18.9. The summed E-state index contributed by atoms with van der Waals surface area (Å²) in [6.07, 6.45) is -0.0303. The fraction of sp³-hybridized carbons (Fsp3) is 0.320. The third-order valence-electron chi connectivity index (χ3n) is 6.27. The zero-order chi connectivity index (χ0) is 27.0. The van der Waals surface area contributed by atoms with Crippen LogP contribution in [0.5, 0.6) is 5.75 Å². The van der Waals surface area contributed by atoms with Gasteiger partial charge in [0.25, 0.3) is 5.91 Å². The third-order valence-corrected chi connectivity index (χ3v) is 7.74. The minimum atomic E-state index is -4.62. The molecule has 13 heteroatoms. The molecule has 1 saturated heterocycles. The molecule has 38 heavy (non-hydrogen) atoms. The quantitative estimate of drug-likeness (QED) is 0.435. The van der Waals surface area contributed by atoms with Crippen molar-refractivity contribution in [1.82, 2.24) is 19.6 Å². The summed E-state index contributed by atoms with van der Waals surface area (Å²) >= 11 is -0.389. The number of alkyl halides is 3. The van der Waals surface area contributed by atoms with E-state index >= 15 is 0 Å². The van der Waals surface area contributed by atoms with Gasteiger partial charge in [-0.25, -0.2) is 4.21 Å². The molecule has 2 aliphatic rings. The number of likely N-dealkylation sites (N-methyl/N-ethyl adjacent to an activating group) is 1. The molecule has 0 radical (unpaired) electrons. The van der Waals surface area contributed by atoms with Gasteiger partial charge in [0.1, 0.15) is 5.75 Å². The molecule has 0 saturated carbocycles. The number of aliphatic imine (C=N–C) groups is 1. The Balaban J connectivity index is 1.35. The minimum absolute atomic E-state index is 0.00414. The highest BCUT2D eigenvalue weighted by Gasteiger charge is 2.34. The topological polar surface area (TPSA) is 80.0 Å². The minimum Gasteiger partial charge on any atom is -0.401 e. The first-order valence-electron chi connectivity index (χ1n) is 11.7. The molecule has 1 atom stereocenters. The van der Waals surface area contributed by atoms with Crippen LogP contribution in [0, 0.1) is 0 Å². The number of thioether (sulfide) groups is 1. The van der Waals surface area contributed by atoms with Crippen LogP contribution in [0.2, 0.25) is 0 Å². The highest BCUT2D eigenvalue weighted by molar-refractivity contribution is 8.18. The number of aromatic nitrogens is 2. The number of fused-ring (bicyclic) bond motifs is 1. The van der Waals surface area contributed by atoms with Crippen molar-refractivity contribution in [2.75, 3.05) is 39.5 Å². The van der Waals surface area contributed by atoms with Gasteiger partial charge in [-0.2, -0.15) is 23.3 Å². The van der Waals surface area contributed by atoms with E-state index in [2.05, 4.69) is 26.9 Å². The number of benzene rings is 2. The molecular formula is C25H24F3N5O3S2. The number of amidine groups is 1. The first-order valence-corrected chi connectivity index (χ1v) is 14.0. The van der Waals surface area contributed by atoms with Crippen molar-refractivity contribution in [1.29, 1.82) is 0 Å². The Hall–Kier alpha value is -3.16. The molecule has 5 rings (SSSR count). The fourth-order valence-corrected chi connectivity index (χ4v) is 5.65. The van der Waals surface area contributed by atoms with Gasteiger partial charge in [0.05, 0.1) is 28.7 Å². The summed E-state index contributed by atoms with van der Waals surface area (Å²) in [7, 11) is 2.06. The smallest absolute Gasteiger partial charge is 0.401 e. The predicted molar refractivity (Wildman–Crippen MR) is 142 cm³/mol. The Labute approximate surface area is 223 Å². The molecule has 3 heterocycles. The molecule has 200 valence electrons. The summed E-state index contributed by atoms with van der Waals surface area (Å²) in [4.78, 5) is 21.6. The van der Waals surface area contributed by atoms with Gasteiger partial charge in [-0.15, -0.1) is 0 Å². The summed E-state index contributed by atoms with van der Waals surface area (Å²) < 4.78 is 58.9. The first-order chi connectivity index (χ1) is 18.1. The van der Waals surface area contributed by atoms with Crippen molar-refractivity contribution in [2.24, 2.45) is 4.99 Å². The lowest BCUT2D eigenvalue weighted by atomic mass is 10.1. The average molecular weight is 564 g/mol. The molecule has 0 N–H and O–H groups in total. The highest BCUT2D eigenvalue weighted by atomic mass is 32.2. The van der Waals surface area contributed by atoms with E-state index in [1.54, 1.807) is 24.4 Å². The number of carbonyl (C=O) groups excluding carboxylic acids is 1. The van der Waals surface area contributed by atoms with Crippen LogP contribution in [0.15, 0.2) is 52.5 Å². The maximum Gasteiger partial charge on any atom is 0.416 e. The van der Waals surface area contributed by atoms with Crippen LogP contribution < -0.4 is 4.18 Å². The van der Waals surface area contributed by atoms with E-state index in [0.29, 0.717) is 15.6 Å². The molecular weight excluding hydrogens is 539 g/mol. The summed E-state index contributed by atoms with van der Waals surface area (Å²) in [5.74, 6) is -0.400. The monoisotopic (exact) mass is 563 g/mol. The maximum absolute atomic E-state index is 13.7. The second-order valence-electron chi connectivity index (χ2n) is 9.02. The maximum atomic E-state index is 13.7. The van der Waals surface area contributed by atoms with Crippen molar-refractivity contribution in [3.63, 3.8) is 0 Å². The van der Waals surface area contributed by atoms with Gasteiger partial charge in [-0.3, -0.25) is 9.48 Å². The van der Waals surface area contributed by atoms with Crippen molar-refractivity contribution in [3.05, 3.63) is 64.2 Å². The van der Waals surface area contributed by atoms with Gasteiger partial charge in [0, 0.05) is 37.8 Å². The number of amides is 1. The van der Waals surface area contributed by atoms with Crippen LogP contribution >= 0.6 is 11.8 Å². The van der Waals surface area contributed by atoms with Crippen molar-refractivity contribution in [2.45, 2.75) is 12.7 Å². The van der Waals surface area contributed by atoms with Gasteiger partial charge >= 0.3 is 6.18 Å². The molecule has 1 aromatic heterocycles. The number of hydrogen-bond donors (Lipinski definition) is 0. The molecule has 1 unspecified atom stereocenters. The van der Waals surface area contributed by atoms with Crippen LogP contribution in [0.25, 0.3) is 17.0 Å². The van der Waals surface area contributed by atoms with Gasteiger partial charge in [-0.05, 0) is 60.3 Å². The van der Waals surface area contributed by atoms with Crippen LogP contribution in [0.4, 0.5) is 13.2 Å². The first kappa shape index (κ1) is 26.4. The number of nitrogens with zero attached hydrogens (tertiary/aromatic N) is 5. The molecule has 0 bridgehead atoms. The fourth-order valence-electron chi connectivity index (χ4n) is 4.31. The summed E-state index contributed by atoms with van der Waals surface area (Å²) in [5.41, 5.74) is 0.547. The number of piperazine rings is 1. The Bertz CT molecular complexity index is 1480. The lowest BCUT2D eigenvalue weighted by Gasteiger charge is -2.32. The Morgan fingerprint density at radius 1 is 1.13 bits per heavy atom. The zero-order valence-electron chi connectivity index (χ0n) is 20.6. The lowest BCUT2D eigenvalue weighted by Crippen LogP contribution is -2.46. The molecule has 0 spiro atoms. The molecule has 0 aliphatic carbocycles. The van der Waals surface area contributed by atoms with Gasteiger partial charge in [0.15, 0.2) is 5.17 Å². The molecule has 1 amide bonds. The van der Waals surface area contributed by atoms with Gasteiger partial charge in [0.2, 0.25) is 11.1 Å². The number of hydrogen-bond acceptors (Lipinski definition) is 7. The average Bonchev–Trinajstić information content (AvgIpc) is 3.42. The van der Waals surface area contributed by atoms with Crippen LogP contribution in [0.1, 0.15) is 16.7 Å². The summed E-state index contributed by atoms with van der Waals surface area (Å²) in [6.45, 7) is 3.34. The lowest BCUT2D eigenvalue weighted by molar-refractivity contribution is -0.138. The number of halogens is 3. The van der Waals surface area contributed by atoms with Crippen molar-refractivity contribution >= 4 is 50.9 Å². The van der Waals surface area contributed by atoms with Gasteiger partial charge < -0.3 is 14.0 Å². The molecule has 8 nitrogen and oxygen atoms in total. The van der Waals surface area contributed by atoms with Crippen LogP contribution in [-0.4, -0.2) is 74.3 Å². The molecule has 2 aromatic carbocycles. The van der Waals surface area contributed by atoms with E-state index in [1.807, 2.05) is 6.07 Å².